The molecular formula is C19H31N7O. The Morgan fingerprint density at radius 1 is 1.41 bits per heavy atom. The van der Waals surface area contributed by atoms with Crippen molar-refractivity contribution in [3.63, 3.8) is 0 Å². The van der Waals surface area contributed by atoms with Gasteiger partial charge >= 0.3 is 0 Å². The summed E-state index contributed by atoms with van der Waals surface area (Å²) in [4.78, 5) is 14.1. The summed E-state index contributed by atoms with van der Waals surface area (Å²) < 4.78 is 5.33. The summed E-state index contributed by atoms with van der Waals surface area (Å²) in [6.07, 6.45) is 2.83. The van der Waals surface area contributed by atoms with Crippen LogP contribution in [-0.4, -0.2) is 70.2 Å². The average molecular weight is 374 g/mol. The van der Waals surface area contributed by atoms with Crippen molar-refractivity contribution in [3.8, 4) is 11.6 Å². The van der Waals surface area contributed by atoms with Crippen LogP contribution in [-0.2, 0) is 6.54 Å². The van der Waals surface area contributed by atoms with Crippen molar-refractivity contribution < 1.29 is 4.42 Å². The predicted molar refractivity (Wildman–Crippen MR) is 106 cm³/mol. The summed E-state index contributed by atoms with van der Waals surface area (Å²) in [5.74, 6) is 3.61. The van der Waals surface area contributed by atoms with E-state index in [0.717, 1.165) is 51.1 Å². The first kappa shape index (κ1) is 19.4. The largest absolute Gasteiger partial charge is 0.461 e. The molecule has 27 heavy (non-hydrogen) atoms. The maximum absolute atomic E-state index is 5.33. The molecule has 3 rings (SSSR count). The number of guanidine groups is 1. The number of furan rings is 1. The smallest absolute Gasteiger partial charge is 0.216 e. The second-order valence-corrected chi connectivity index (χ2v) is 6.84. The Labute approximate surface area is 161 Å². The van der Waals surface area contributed by atoms with E-state index >= 15 is 0 Å². The van der Waals surface area contributed by atoms with Gasteiger partial charge in [0.1, 0.15) is 12.4 Å². The summed E-state index contributed by atoms with van der Waals surface area (Å²) in [6.45, 7) is 13.4. The van der Waals surface area contributed by atoms with E-state index in [1.807, 2.05) is 12.1 Å². The van der Waals surface area contributed by atoms with Crippen molar-refractivity contribution in [2.75, 3.05) is 39.3 Å². The SMILES string of the molecule is CCNC(=NCc1nc(-c2ccco2)n[nH]1)N1CCC(CN(CC)CC)C1. The lowest BCUT2D eigenvalue weighted by Gasteiger charge is -2.24. The number of nitrogens with zero attached hydrogens (tertiary/aromatic N) is 5. The molecule has 0 radical (unpaired) electrons. The zero-order valence-electron chi connectivity index (χ0n) is 16.6. The van der Waals surface area contributed by atoms with Gasteiger partial charge in [0.05, 0.1) is 6.26 Å². The topological polar surface area (TPSA) is 85.6 Å². The van der Waals surface area contributed by atoms with Gasteiger partial charge < -0.3 is 19.5 Å². The molecule has 1 fully saturated rings. The van der Waals surface area contributed by atoms with Crippen LogP contribution in [0.2, 0.25) is 0 Å². The summed E-state index contributed by atoms with van der Waals surface area (Å²) in [7, 11) is 0. The Morgan fingerprint density at radius 3 is 2.96 bits per heavy atom. The van der Waals surface area contributed by atoms with Gasteiger partial charge in [0.25, 0.3) is 0 Å². The molecule has 0 aromatic carbocycles. The fourth-order valence-electron chi connectivity index (χ4n) is 3.48. The molecule has 1 aliphatic heterocycles. The number of hydrogen-bond acceptors (Lipinski definition) is 5. The van der Waals surface area contributed by atoms with Gasteiger partial charge in [0.15, 0.2) is 11.7 Å². The highest BCUT2D eigenvalue weighted by Crippen LogP contribution is 2.18. The molecule has 0 amide bonds. The van der Waals surface area contributed by atoms with E-state index in [2.05, 4.69) is 51.1 Å². The Bertz CT molecular complexity index is 705. The Kier molecular flexibility index (Phi) is 6.86. The third-order valence-electron chi connectivity index (χ3n) is 4.98. The van der Waals surface area contributed by atoms with E-state index in [4.69, 9.17) is 9.41 Å². The number of likely N-dealkylation sites (tertiary alicyclic amines) is 1. The van der Waals surface area contributed by atoms with E-state index in [0.29, 0.717) is 24.0 Å². The molecule has 8 heteroatoms. The van der Waals surface area contributed by atoms with Crippen molar-refractivity contribution >= 4 is 5.96 Å². The summed E-state index contributed by atoms with van der Waals surface area (Å²) in [6, 6.07) is 3.68. The first-order chi connectivity index (χ1) is 13.2. The van der Waals surface area contributed by atoms with E-state index in [1.165, 1.54) is 6.42 Å². The number of hydrogen-bond donors (Lipinski definition) is 2. The monoisotopic (exact) mass is 373 g/mol. The second kappa shape index (κ2) is 9.55. The molecule has 1 atom stereocenters. The Morgan fingerprint density at radius 2 is 2.26 bits per heavy atom. The molecule has 0 bridgehead atoms. The van der Waals surface area contributed by atoms with Crippen molar-refractivity contribution in [3.05, 3.63) is 24.2 Å². The molecule has 3 heterocycles. The lowest BCUT2D eigenvalue weighted by Crippen LogP contribution is -2.40. The van der Waals surface area contributed by atoms with Gasteiger partial charge in [0.2, 0.25) is 5.82 Å². The highest BCUT2D eigenvalue weighted by molar-refractivity contribution is 5.80. The first-order valence-electron chi connectivity index (χ1n) is 9.94. The van der Waals surface area contributed by atoms with Gasteiger partial charge in [-0.3, -0.25) is 5.10 Å². The van der Waals surface area contributed by atoms with Crippen molar-refractivity contribution in [2.24, 2.45) is 10.9 Å². The third kappa shape index (κ3) is 5.09. The molecule has 1 unspecified atom stereocenters. The number of aromatic nitrogens is 3. The van der Waals surface area contributed by atoms with Gasteiger partial charge in [0, 0.05) is 26.2 Å². The first-order valence-corrected chi connectivity index (χ1v) is 9.94. The van der Waals surface area contributed by atoms with Crippen LogP contribution in [0, 0.1) is 5.92 Å². The molecule has 8 nitrogen and oxygen atoms in total. The van der Waals surface area contributed by atoms with Gasteiger partial charge in [-0.1, -0.05) is 13.8 Å². The van der Waals surface area contributed by atoms with Crippen LogP contribution in [0.1, 0.15) is 33.0 Å². The number of H-pyrrole nitrogens is 1. The van der Waals surface area contributed by atoms with Crippen molar-refractivity contribution in [1.29, 1.82) is 0 Å². The van der Waals surface area contributed by atoms with Gasteiger partial charge in [-0.15, -0.1) is 5.10 Å². The minimum atomic E-state index is 0.466. The number of nitrogens with one attached hydrogen (secondary N) is 2. The zero-order valence-corrected chi connectivity index (χ0v) is 16.6. The molecule has 2 aromatic rings. The van der Waals surface area contributed by atoms with Gasteiger partial charge in [-0.05, 0) is 44.5 Å². The molecule has 0 saturated carbocycles. The third-order valence-corrected chi connectivity index (χ3v) is 4.98. The lowest BCUT2D eigenvalue weighted by molar-refractivity contribution is 0.255. The van der Waals surface area contributed by atoms with Crippen LogP contribution in [0.3, 0.4) is 0 Å². The minimum absolute atomic E-state index is 0.466. The van der Waals surface area contributed by atoms with Crippen LogP contribution in [0.15, 0.2) is 27.8 Å². The number of aliphatic imine (C=N–C) groups is 1. The Hall–Kier alpha value is -2.35. The second-order valence-electron chi connectivity index (χ2n) is 6.84. The summed E-state index contributed by atoms with van der Waals surface area (Å²) in [5.41, 5.74) is 0. The van der Waals surface area contributed by atoms with E-state index in [1.54, 1.807) is 6.26 Å². The maximum atomic E-state index is 5.33. The quantitative estimate of drug-likeness (QED) is 0.545. The molecule has 2 N–H and O–H groups in total. The predicted octanol–water partition coefficient (Wildman–Crippen LogP) is 2.19. The van der Waals surface area contributed by atoms with Crippen LogP contribution < -0.4 is 5.32 Å². The highest BCUT2D eigenvalue weighted by atomic mass is 16.3. The van der Waals surface area contributed by atoms with Crippen LogP contribution >= 0.6 is 0 Å². The van der Waals surface area contributed by atoms with Crippen LogP contribution in [0.4, 0.5) is 0 Å². The van der Waals surface area contributed by atoms with Crippen LogP contribution in [0.5, 0.6) is 0 Å². The molecule has 1 aliphatic rings. The molecule has 0 aliphatic carbocycles. The minimum Gasteiger partial charge on any atom is -0.461 e. The van der Waals surface area contributed by atoms with Crippen LogP contribution in [0.25, 0.3) is 11.6 Å². The maximum Gasteiger partial charge on any atom is 0.216 e. The fourth-order valence-corrected chi connectivity index (χ4v) is 3.48. The molecule has 2 aromatic heterocycles. The van der Waals surface area contributed by atoms with E-state index in [9.17, 15) is 0 Å². The van der Waals surface area contributed by atoms with E-state index < -0.39 is 0 Å². The van der Waals surface area contributed by atoms with Gasteiger partial charge in [-0.25, -0.2) is 9.98 Å². The summed E-state index contributed by atoms with van der Waals surface area (Å²) in [5, 5.41) is 10.6. The zero-order chi connectivity index (χ0) is 19.1. The highest BCUT2D eigenvalue weighted by Gasteiger charge is 2.26. The molecule has 0 spiro atoms. The molecule has 148 valence electrons. The van der Waals surface area contributed by atoms with Crippen molar-refractivity contribution in [2.45, 2.75) is 33.7 Å². The lowest BCUT2D eigenvalue weighted by atomic mass is 10.1. The molecular weight excluding hydrogens is 342 g/mol. The molecule has 1 saturated heterocycles. The fraction of sp³-hybridized carbons (Fsp3) is 0.632. The number of aromatic amines is 1. The normalized spacial score (nSPS) is 17.9. The standard InChI is InChI=1S/C19H31N7O/c1-4-20-19(26-10-9-15(14-26)13-25(5-2)6-3)21-12-17-22-18(24-23-17)16-8-7-11-27-16/h7-8,11,15H,4-6,9-10,12-14H2,1-3H3,(H,20,21)(H,22,23,24). The Balaban J connectivity index is 1.60. The van der Waals surface area contributed by atoms with E-state index in [-0.39, 0.29) is 0 Å². The average Bonchev–Trinajstić information content (AvgIpc) is 3.44. The number of rotatable bonds is 8. The van der Waals surface area contributed by atoms with Crippen molar-refractivity contribution in [1.82, 2.24) is 30.3 Å². The van der Waals surface area contributed by atoms with Gasteiger partial charge in [-0.2, -0.15) is 0 Å². The summed E-state index contributed by atoms with van der Waals surface area (Å²) >= 11 is 0.